The van der Waals surface area contributed by atoms with Crippen LogP contribution in [0.25, 0.3) is 120 Å². The van der Waals surface area contributed by atoms with Gasteiger partial charge >= 0.3 is 0 Å². The van der Waals surface area contributed by atoms with Gasteiger partial charge in [-0.05, 0) is 146 Å². The van der Waals surface area contributed by atoms with Crippen molar-refractivity contribution in [1.82, 2.24) is 38.7 Å². The van der Waals surface area contributed by atoms with Crippen molar-refractivity contribution in [2.75, 3.05) is 19.6 Å². The Morgan fingerprint density at radius 3 is 0.780 bits per heavy atom. The number of para-hydroxylation sites is 8. The van der Waals surface area contributed by atoms with Gasteiger partial charge in [0.15, 0.2) is 0 Å². The summed E-state index contributed by atoms with van der Waals surface area (Å²) in [6.07, 6.45) is 11.7. The first-order chi connectivity index (χ1) is 49.7. The summed E-state index contributed by atoms with van der Waals surface area (Å²) in [6.45, 7) is 0. The average Bonchev–Trinajstić information content (AvgIpc) is 1.49. The fraction of sp³-hybridized carbons (Fsp3) is 0. The summed E-state index contributed by atoms with van der Waals surface area (Å²) < 4.78 is 4.88. The van der Waals surface area contributed by atoms with Crippen molar-refractivity contribution >= 4 is 188 Å². The highest BCUT2D eigenvalue weighted by Gasteiger charge is 2.33. The number of benzene rings is 12. The van der Waals surface area contributed by atoms with Crippen LogP contribution >= 0.6 is 0 Å². The molecule has 12 aromatic carbocycles. The third kappa shape index (κ3) is 8.22. The summed E-state index contributed by atoms with van der Waals surface area (Å²) in [4.78, 5) is 42.6. The van der Waals surface area contributed by atoms with Crippen LogP contribution < -0.4 is 19.6 Å². The van der Waals surface area contributed by atoms with Gasteiger partial charge in [-0.2, -0.15) is 0 Å². The Morgan fingerprint density at radius 1 is 0.210 bits per heavy atom. The second-order valence-corrected chi connectivity index (χ2v) is 25.5. The number of anilines is 12. The molecule has 12 heteroatoms. The number of rotatable bonds is 12. The van der Waals surface area contributed by atoms with Crippen LogP contribution in [0.2, 0.25) is 0 Å². The lowest BCUT2D eigenvalue weighted by atomic mass is 9.99. The van der Waals surface area contributed by atoms with Gasteiger partial charge in [-0.15, -0.1) is 0 Å². The number of fused-ring (bicyclic) bond motifs is 22. The number of aromatic nitrogens is 8. The maximum absolute atomic E-state index is 6.14. The van der Waals surface area contributed by atoms with Gasteiger partial charge in [-0.1, -0.05) is 146 Å². The smallest absolute Gasteiger partial charge is 0.145 e. The summed E-state index contributed by atoms with van der Waals surface area (Å²) >= 11 is 0. The molecule has 0 unspecified atom stereocenters. The van der Waals surface area contributed by atoms with Crippen molar-refractivity contribution in [3.63, 3.8) is 0 Å². The Kier molecular flexibility index (Phi) is 12.1. The van der Waals surface area contributed by atoms with E-state index in [1.807, 2.05) is 37.2 Å². The third-order valence-corrected chi connectivity index (χ3v) is 20.0. The van der Waals surface area contributed by atoms with Gasteiger partial charge in [-0.25, -0.2) is 19.9 Å². The number of pyridine rings is 4. The van der Waals surface area contributed by atoms with Crippen LogP contribution in [0.5, 0.6) is 0 Å². The molecule has 0 amide bonds. The zero-order chi connectivity index (χ0) is 65.5. The van der Waals surface area contributed by atoms with Crippen molar-refractivity contribution < 1.29 is 0 Å². The molecule has 0 atom stereocenters. The van der Waals surface area contributed by atoms with Gasteiger partial charge in [0, 0.05) is 146 Å². The van der Waals surface area contributed by atoms with E-state index in [1.54, 1.807) is 0 Å². The lowest BCUT2D eigenvalue weighted by molar-refractivity contribution is 1.21. The Balaban J connectivity index is 0.993. The Morgan fingerprint density at radius 2 is 0.480 bits per heavy atom. The van der Waals surface area contributed by atoms with E-state index in [1.165, 1.54) is 0 Å². The van der Waals surface area contributed by atoms with Crippen LogP contribution in [0.4, 0.5) is 68.2 Å². The highest BCUT2D eigenvalue weighted by Crippen LogP contribution is 2.54. The quantitative estimate of drug-likeness (QED) is 0.0869. The highest BCUT2D eigenvalue weighted by atomic mass is 15.2. The third-order valence-electron chi connectivity index (χ3n) is 20.0. The normalized spacial score (nSPS) is 12.0. The highest BCUT2D eigenvalue weighted by molar-refractivity contribution is 6.41. The van der Waals surface area contributed by atoms with E-state index in [2.05, 4.69) is 320 Å². The second kappa shape index (κ2) is 21.8. The topological polar surface area (TPSA) is 99.1 Å². The van der Waals surface area contributed by atoms with Crippen LogP contribution in [0.3, 0.4) is 0 Å². The molecular formula is C88H54N12. The molecule has 466 valence electrons. The van der Waals surface area contributed by atoms with Crippen molar-refractivity contribution in [1.29, 1.82) is 0 Å². The van der Waals surface area contributed by atoms with E-state index in [4.69, 9.17) is 29.9 Å². The largest absolute Gasteiger partial charge is 0.310 e. The zero-order valence-corrected chi connectivity index (χ0v) is 53.5. The van der Waals surface area contributed by atoms with E-state index in [0.717, 1.165) is 188 Å². The molecule has 0 aliphatic rings. The van der Waals surface area contributed by atoms with Crippen LogP contribution in [-0.4, -0.2) is 38.7 Å². The first kappa shape index (κ1) is 55.4. The van der Waals surface area contributed by atoms with E-state index < -0.39 is 0 Å². The minimum atomic E-state index is 0.762. The lowest BCUT2D eigenvalue weighted by Crippen LogP contribution is -2.10. The van der Waals surface area contributed by atoms with Gasteiger partial charge in [0.2, 0.25) is 0 Å². The molecule has 9 aromatic heterocycles. The van der Waals surface area contributed by atoms with Crippen molar-refractivity contribution in [3.05, 3.63) is 328 Å². The Bertz CT molecular complexity index is 6190. The molecule has 100 heavy (non-hydrogen) atoms. The van der Waals surface area contributed by atoms with Crippen LogP contribution in [0.15, 0.2) is 328 Å². The standard InChI is InChI=1S/C88H54N12/c1-9-25-55(26-10-1)95(56-27-11-2-12-28-56)63-45-69-71-49-65(97(59-33-17-5-18-34-59)60-35-19-6-20-36-60)51-91-87(71)99-83(69)73(47-63)77-81-82(94-80-68-42-44-90-54-76(68)75-53-89-43-41-67(75)79(80)93-81)78-74-48-64(96(57-29-13-3-14-30-57)58-31-15-4-16-32-58)46-70-72-50-66(52-92-88(72)100(84(70)74)86(78)85(77)99)98(61-37-21-7-22-38-61)62-39-23-8-24-40-62/h1-54H. The molecule has 0 bridgehead atoms. The summed E-state index contributed by atoms with van der Waals surface area (Å²) in [6, 6.07) is 103. The first-order valence-electron chi connectivity index (χ1n) is 33.6. The molecule has 0 saturated carbocycles. The fourth-order valence-electron chi connectivity index (χ4n) is 15.9. The van der Waals surface area contributed by atoms with Crippen molar-refractivity contribution in [2.45, 2.75) is 0 Å². The molecule has 9 heterocycles. The SMILES string of the molecule is c1ccc(N(c2ccccc2)c2cnc3c(c2)c2cc(N(c4ccccc4)c4ccccc4)cc4c5c6nc7c8ccncc8c8cnccc8c7nc6c6c7cc(N(c8ccccc8)c8ccccc8)cc8c9cc(N(c%10ccccc%10)c%10ccccc%10)cnc9n(c87)c6c5n3c24)cc1. The monoisotopic (exact) mass is 1280 g/mol. The van der Waals surface area contributed by atoms with E-state index in [9.17, 15) is 0 Å². The Labute approximate surface area is 571 Å². The van der Waals surface area contributed by atoms with Crippen LogP contribution in [-0.2, 0) is 0 Å². The minimum Gasteiger partial charge on any atom is -0.310 e. The molecule has 0 aliphatic heterocycles. The number of hydrogen-bond donors (Lipinski definition) is 0. The zero-order valence-electron chi connectivity index (χ0n) is 53.5. The summed E-state index contributed by atoms with van der Waals surface area (Å²) in [5.41, 5.74) is 20.5. The van der Waals surface area contributed by atoms with Crippen LogP contribution in [0, 0.1) is 0 Å². The molecule has 0 fully saturated rings. The molecule has 21 rings (SSSR count). The lowest BCUT2D eigenvalue weighted by Gasteiger charge is -2.26. The molecule has 0 radical (unpaired) electrons. The minimum absolute atomic E-state index is 0.762. The predicted molar refractivity (Wildman–Crippen MR) is 411 cm³/mol. The van der Waals surface area contributed by atoms with Gasteiger partial charge < -0.3 is 19.6 Å². The summed E-state index contributed by atoms with van der Waals surface area (Å²) in [5.74, 6) is 0. The van der Waals surface area contributed by atoms with Crippen molar-refractivity contribution in [2.24, 2.45) is 0 Å². The second-order valence-electron chi connectivity index (χ2n) is 25.5. The fourth-order valence-corrected chi connectivity index (χ4v) is 15.9. The van der Waals surface area contributed by atoms with Gasteiger partial charge in [0.05, 0.1) is 56.9 Å². The molecule has 0 N–H and O–H groups in total. The Hall–Kier alpha value is -13.8. The van der Waals surface area contributed by atoms with Gasteiger partial charge in [-0.3, -0.25) is 18.8 Å². The maximum Gasteiger partial charge on any atom is 0.145 e. The van der Waals surface area contributed by atoms with Crippen molar-refractivity contribution in [3.8, 4) is 0 Å². The molecule has 12 nitrogen and oxygen atoms in total. The predicted octanol–water partition coefficient (Wildman–Crippen LogP) is 22.8. The molecule has 0 aliphatic carbocycles. The molecule has 0 spiro atoms. The summed E-state index contributed by atoms with van der Waals surface area (Å²) in [7, 11) is 0. The first-order valence-corrected chi connectivity index (χ1v) is 33.6. The summed E-state index contributed by atoms with van der Waals surface area (Å²) in [5, 5.41) is 11.7. The van der Waals surface area contributed by atoms with Crippen LogP contribution in [0.1, 0.15) is 0 Å². The van der Waals surface area contributed by atoms with E-state index >= 15 is 0 Å². The molecule has 21 aromatic rings. The number of nitrogens with zero attached hydrogens (tertiary/aromatic N) is 12. The van der Waals surface area contributed by atoms with Gasteiger partial charge in [0.1, 0.15) is 22.3 Å². The average molecular weight is 1280 g/mol. The molecule has 0 saturated heterocycles. The van der Waals surface area contributed by atoms with Gasteiger partial charge in [0.25, 0.3) is 0 Å². The van der Waals surface area contributed by atoms with E-state index in [0.29, 0.717) is 0 Å². The molecular weight excluding hydrogens is 1230 g/mol. The maximum atomic E-state index is 6.14. The van der Waals surface area contributed by atoms with E-state index in [-0.39, 0.29) is 0 Å². The number of hydrogen-bond acceptors (Lipinski definition) is 10.